The molecule has 3 heterocycles. The predicted octanol–water partition coefficient (Wildman–Crippen LogP) is 4.70. The summed E-state index contributed by atoms with van der Waals surface area (Å²) in [6.45, 7) is -0.273. The summed E-state index contributed by atoms with van der Waals surface area (Å²) in [7, 11) is 0. The van der Waals surface area contributed by atoms with E-state index in [4.69, 9.17) is 14.7 Å². The Balaban J connectivity index is 1.48. The van der Waals surface area contributed by atoms with Crippen LogP contribution in [0.1, 0.15) is 23.1 Å². The Bertz CT molecular complexity index is 1580. The molecule has 0 radical (unpaired) electrons. The normalized spacial score (nSPS) is 16.5. The van der Waals surface area contributed by atoms with E-state index in [2.05, 4.69) is 31.1 Å². The number of aromatic nitrogens is 3. The number of para-hydroxylation sites is 1. The third-order valence-electron chi connectivity index (χ3n) is 5.66. The molecule has 0 spiro atoms. The molecule has 10 nitrogen and oxygen atoms in total. The number of carbonyl (C=O) groups is 1. The number of halogens is 3. The Labute approximate surface area is 219 Å². The predicted molar refractivity (Wildman–Crippen MR) is 136 cm³/mol. The molecule has 3 N–H and O–H groups in total. The number of hydrogen-bond acceptors (Lipinski definition) is 9. The Morgan fingerprint density at radius 3 is 2.64 bits per heavy atom. The van der Waals surface area contributed by atoms with Crippen LogP contribution < -0.4 is 16.0 Å². The average molecular weight is 532 g/mol. The second-order valence-corrected chi connectivity index (χ2v) is 8.34. The maximum Gasteiger partial charge on any atom is 0.417 e. The van der Waals surface area contributed by atoms with Crippen LogP contribution in [0.3, 0.4) is 0 Å². The molecule has 1 atom stereocenters. The lowest BCUT2D eigenvalue weighted by molar-refractivity contribution is -0.137. The van der Waals surface area contributed by atoms with Gasteiger partial charge in [-0.3, -0.25) is 9.79 Å². The topological polar surface area (TPSA) is 141 Å². The number of nitrogens with one attached hydrogen (secondary N) is 3. The summed E-state index contributed by atoms with van der Waals surface area (Å²) < 4.78 is 45.2. The number of alkyl halides is 3. The van der Waals surface area contributed by atoms with E-state index in [9.17, 15) is 18.0 Å². The minimum atomic E-state index is -4.64. The van der Waals surface area contributed by atoms with Crippen molar-refractivity contribution in [3.8, 4) is 17.7 Å². The van der Waals surface area contributed by atoms with Crippen molar-refractivity contribution in [2.24, 2.45) is 4.99 Å². The van der Waals surface area contributed by atoms with Gasteiger partial charge < -0.3 is 20.4 Å². The first-order chi connectivity index (χ1) is 18.8. The molecule has 0 saturated carbocycles. The third kappa shape index (κ3) is 5.69. The molecule has 0 aliphatic carbocycles. The highest BCUT2D eigenvalue weighted by molar-refractivity contribution is 6.17. The highest BCUT2D eigenvalue weighted by atomic mass is 19.4. The van der Waals surface area contributed by atoms with Crippen molar-refractivity contribution < 1.29 is 22.4 Å². The zero-order chi connectivity index (χ0) is 27.4. The van der Waals surface area contributed by atoms with E-state index in [1.54, 1.807) is 12.1 Å². The van der Waals surface area contributed by atoms with Gasteiger partial charge in [0, 0.05) is 17.3 Å². The number of rotatable bonds is 6. The minimum Gasteiger partial charge on any atom is -0.402 e. The van der Waals surface area contributed by atoms with Crippen LogP contribution in [0.2, 0.25) is 0 Å². The summed E-state index contributed by atoms with van der Waals surface area (Å²) >= 11 is 0. The monoisotopic (exact) mass is 532 g/mol. The van der Waals surface area contributed by atoms with E-state index in [0.29, 0.717) is 17.6 Å². The first-order valence-corrected chi connectivity index (χ1v) is 11.6. The van der Waals surface area contributed by atoms with Crippen molar-refractivity contribution in [1.82, 2.24) is 15.2 Å². The SMILES string of the molecule is N#CCNc1cc(C(F)(F)F)cnc1-c1nnc(N[C@@H]2CC(=O)Nc3ccccc3/C(c3ccccc3)=N\2)o1. The van der Waals surface area contributed by atoms with E-state index in [-0.39, 0.29) is 42.2 Å². The number of aliphatic imine (C=N–C) groups is 1. The van der Waals surface area contributed by atoms with Gasteiger partial charge in [0.05, 0.1) is 35.1 Å². The standard InChI is InChI=1S/C26H19F3N8O2/c27-26(28,29)16-12-19(31-11-10-30)23(32-14-16)24-36-37-25(39-24)35-20-13-21(38)33-18-9-5-4-8-17(18)22(34-20)15-6-2-1-3-7-15/h1-9,12,14,20,31H,11,13H2,(H,33,38)(H,35,37)/b34-22-/t20-/m1/s1. The quantitative estimate of drug-likeness (QED) is 0.304. The number of fused-ring (bicyclic) bond motifs is 1. The molecule has 2 aromatic carbocycles. The molecule has 0 bridgehead atoms. The summed E-state index contributed by atoms with van der Waals surface area (Å²) in [5.41, 5.74) is 1.60. The maximum absolute atomic E-state index is 13.2. The lowest BCUT2D eigenvalue weighted by atomic mass is 9.99. The van der Waals surface area contributed by atoms with Gasteiger partial charge in [-0.25, -0.2) is 4.98 Å². The number of carbonyl (C=O) groups excluding carboxylic acids is 1. The third-order valence-corrected chi connectivity index (χ3v) is 5.66. The van der Waals surface area contributed by atoms with Gasteiger partial charge in [-0.1, -0.05) is 53.6 Å². The zero-order valence-corrected chi connectivity index (χ0v) is 20.0. The Kier molecular flexibility index (Phi) is 6.92. The van der Waals surface area contributed by atoms with Gasteiger partial charge in [0.25, 0.3) is 5.89 Å². The van der Waals surface area contributed by atoms with Crippen LogP contribution in [0.4, 0.5) is 30.6 Å². The zero-order valence-electron chi connectivity index (χ0n) is 20.0. The van der Waals surface area contributed by atoms with E-state index < -0.39 is 17.9 Å². The minimum absolute atomic E-state index is 0.0726. The Morgan fingerprint density at radius 2 is 1.87 bits per heavy atom. The second-order valence-electron chi connectivity index (χ2n) is 8.34. The van der Waals surface area contributed by atoms with Gasteiger partial charge in [-0.05, 0) is 12.1 Å². The molecule has 1 aliphatic heterocycles. The van der Waals surface area contributed by atoms with Crippen LogP contribution in [0, 0.1) is 11.3 Å². The molecule has 0 unspecified atom stereocenters. The van der Waals surface area contributed by atoms with Crippen molar-refractivity contribution >= 4 is 29.0 Å². The van der Waals surface area contributed by atoms with Gasteiger partial charge >= 0.3 is 12.2 Å². The molecular formula is C26H19F3N8O2. The maximum atomic E-state index is 13.2. The van der Waals surface area contributed by atoms with Gasteiger partial charge in [0.2, 0.25) is 5.91 Å². The number of nitriles is 1. The smallest absolute Gasteiger partial charge is 0.402 e. The molecule has 1 amide bonds. The van der Waals surface area contributed by atoms with Gasteiger partial charge in [-0.15, -0.1) is 5.10 Å². The number of amides is 1. The highest BCUT2D eigenvalue weighted by Gasteiger charge is 2.32. The van der Waals surface area contributed by atoms with Crippen molar-refractivity contribution in [1.29, 1.82) is 5.26 Å². The molecule has 39 heavy (non-hydrogen) atoms. The molecule has 0 saturated heterocycles. The van der Waals surface area contributed by atoms with Crippen LogP contribution in [0.5, 0.6) is 0 Å². The summed E-state index contributed by atoms with van der Waals surface area (Å²) in [5, 5.41) is 25.1. The Morgan fingerprint density at radius 1 is 1.10 bits per heavy atom. The molecule has 1 aliphatic rings. The summed E-state index contributed by atoms with van der Waals surface area (Å²) in [6.07, 6.45) is -4.90. The van der Waals surface area contributed by atoms with Crippen LogP contribution in [0.15, 0.2) is 76.3 Å². The number of nitrogens with zero attached hydrogens (tertiary/aromatic N) is 5. The average Bonchev–Trinajstić information content (AvgIpc) is 3.38. The first kappa shape index (κ1) is 25.4. The molecule has 0 fully saturated rings. The highest BCUT2D eigenvalue weighted by Crippen LogP contribution is 2.34. The number of benzene rings is 2. The lowest BCUT2D eigenvalue weighted by Crippen LogP contribution is -2.29. The molecule has 5 rings (SSSR count). The van der Waals surface area contributed by atoms with Crippen LogP contribution >= 0.6 is 0 Å². The summed E-state index contributed by atoms with van der Waals surface area (Å²) in [4.78, 5) is 21.3. The second kappa shape index (κ2) is 10.6. The first-order valence-electron chi connectivity index (χ1n) is 11.6. The largest absolute Gasteiger partial charge is 0.417 e. The van der Waals surface area contributed by atoms with E-state index >= 15 is 0 Å². The fourth-order valence-corrected chi connectivity index (χ4v) is 3.94. The molecule has 13 heteroatoms. The number of pyridine rings is 1. The van der Waals surface area contributed by atoms with Crippen molar-refractivity contribution in [2.45, 2.75) is 18.8 Å². The van der Waals surface area contributed by atoms with Crippen LogP contribution in [-0.2, 0) is 11.0 Å². The molecule has 4 aromatic rings. The van der Waals surface area contributed by atoms with E-state index in [1.165, 1.54) is 0 Å². The fraction of sp³-hybridized carbons (Fsp3) is 0.154. The summed E-state index contributed by atoms with van der Waals surface area (Å²) in [5.74, 6) is -0.498. The number of anilines is 3. The van der Waals surface area contributed by atoms with Gasteiger partial charge in [-0.2, -0.15) is 18.4 Å². The van der Waals surface area contributed by atoms with E-state index in [1.807, 2.05) is 48.5 Å². The van der Waals surface area contributed by atoms with Gasteiger partial charge in [0.15, 0.2) is 5.69 Å². The van der Waals surface area contributed by atoms with Crippen LogP contribution in [-0.4, -0.2) is 39.5 Å². The molecule has 196 valence electrons. The van der Waals surface area contributed by atoms with Gasteiger partial charge in [0.1, 0.15) is 12.7 Å². The van der Waals surface area contributed by atoms with Crippen LogP contribution in [0.25, 0.3) is 11.6 Å². The van der Waals surface area contributed by atoms with Crippen molar-refractivity contribution in [3.05, 3.63) is 83.6 Å². The molecule has 2 aromatic heterocycles. The fourth-order valence-electron chi connectivity index (χ4n) is 3.94. The Hall–Kier alpha value is -5.25. The lowest BCUT2D eigenvalue weighted by Gasteiger charge is -2.21. The molecular weight excluding hydrogens is 513 g/mol. The van der Waals surface area contributed by atoms with Crippen molar-refractivity contribution in [2.75, 3.05) is 22.5 Å². The van der Waals surface area contributed by atoms with E-state index in [0.717, 1.165) is 17.2 Å². The van der Waals surface area contributed by atoms with Crippen molar-refractivity contribution in [3.63, 3.8) is 0 Å². The summed E-state index contributed by atoms with van der Waals surface area (Å²) in [6, 6.07) is 19.2. The number of hydrogen-bond donors (Lipinski definition) is 3.